The van der Waals surface area contributed by atoms with Crippen LogP contribution in [0.25, 0.3) is 10.2 Å². The van der Waals surface area contributed by atoms with Crippen molar-refractivity contribution in [2.24, 2.45) is 7.05 Å². The van der Waals surface area contributed by atoms with Gasteiger partial charge in [0.25, 0.3) is 0 Å². The average Bonchev–Trinajstić information content (AvgIpc) is 2.94. The van der Waals surface area contributed by atoms with E-state index in [-0.39, 0.29) is 15.8 Å². The van der Waals surface area contributed by atoms with E-state index in [1.54, 1.807) is 25.2 Å². The third-order valence-electron chi connectivity index (χ3n) is 5.28. The number of aromatic nitrogens is 1. The summed E-state index contributed by atoms with van der Waals surface area (Å²) < 4.78 is 30.7. The maximum Gasteiger partial charge on any atom is 0.307 e. The van der Waals surface area contributed by atoms with Crippen molar-refractivity contribution in [3.05, 3.63) is 62.8 Å². The van der Waals surface area contributed by atoms with E-state index < -0.39 is 10.0 Å². The molecule has 7 heteroatoms. The van der Waals surface area contributed by atoms with Crippen molar-refractivity contribution in [3.63, 3.8) is 0 Å². The normalized spacial score (nSPS) is 15.6. The molecule has 3 aromatic rings. The molecule has 1 N–H and O–H groups in total. The van der Waals surface area contributed by atoms with Crippen molar-refractivity contribution in [1.82, 2.24) is 9.29 Å². The van der Waals surface area contributed by atoms with Crippen LogP contribution in [0.4, 0.5) is 0 Å². The highest BCUT2D eigenvalue weighted by Crippen LogP contribution is 2.26. The van der Waals surface area contributed by atoms with Gasteiger partial charge in [-0.2, -0.15) is 0 Å². The molecule has 0 spiro atoms. The molecule has 0 aliphatic heterocycles. The van der Waals surface area contributed by atoms with Gasteiger partial charge in [-0.3, -0.25) is 4.79 Å². The summed E-state index contributed by atoms with van der Waals surface area (Å²) in [5.41, 5.74) is 4.43. The minimum atomic E-state index is -3.68. The summed E-state index contributed by atoms with van der Waals surface area (Å²) in [6, 6.07) is 10.8. The Morgan fingerprint density at radius 3 is 2.59 bits per heavy atom. The molecule has 27 heavy (non-hydrogen) atoms. The van der Waals surface area contributed by atoms with Gasteiger partial charge in [-0.25, -0.2) is 13.1 Å². The highest BCUT2D eigenvalue weighted by molar-refractivity contribution is 7.89. The van der Waals surface area contributed by atoms with Crippen LogP contribution in [-0.4, -0.2) is 13.0 Å². The molecule has 142 valence electrons. The number of nitrogens with one attached hydrogen (secondary N) is 1. The van der Waals surface area contributed by atoms with E-state index in [1.807, 2.05) is 13.0 Å². The van der Waals surface area contributed by atoms with E-state index in [9.17, 15) is 13.2 Å². The van der Waals surface area contributed by atoms with Crippen molar-refractivity contribution >= 4 is 31.6 Å². The van der Waals surface area contributed by atoms with Gasteiger partial charge in [0, 0.05) is 13.1 Å². The first kappa shape index (κ1) is 18.4. The first-order chi connectivity index (χ1) is 12.8. The SMILES string of the molecule is C[C@H](NS(=O)(=O)c1ccc2c(c1)sc(=O)n2C)c1ccc2c(c1)CCCC2. The van der Waals surface area contributed by atoms with Crippen LogP contribution in [0, 0.1) is 0 Å². The number of hydrogen-bond donors (Lipinski definition) is 1. The van der Waals surface area contributed by atoms with Crippen LogP contribution in [0.1, 0.15) is 42.5 Å². The molecule has 1 aromatic heterocycles. The second kappa shape index (κ2) is 6.89. The summed E-state index contributed by atoms with van der Waals surface area (Å²) in [7, 11) is -1.99. The fourth-order valence-corrected chi connectivity index (χ4v) is 5.92. The van der Waals surface area contributed by atoms with Crippen LogP contribution in [-0.2, 0) is 29.9 Å². The summed E-state index contributed by atoms with van der Waals surface area (Å²) in [4.78, 5) is 11.9. The Morgan fingerprint density at radius 1 is 1.07 bits per heavy atom. The molecule has 0 radical (unpaired) electrons. The van der Waals surface area contributed by atoms with Crippen LogP contribution >= 0.6 is 11.3 Å². The number of aryl methyl sites for hydroxylation is 3. The van der Waals surface area contributed by atoms with Crippen LogP contribution < -0.4 is 9.60 Å². The predicted octanol–water partition coefficient (Wildman–Crippen LogP) is 3.52. The third kappa shape index (κ3) is 3.47. The Bertz CT molecular complexity index is 1180. The van der Waals surface area contributed by atoms with Gasteiger partial charge in [-0.05, 0) is 67.5 Å². The lowest BCUT2D eigenvalue weighted by Crippen LogP contribution is -2.27. The van der Waals surface area contributed by atoms with Gasteiger partial charge in [0.2, 0.25) is 10.0 Å². The van der Waals surface area contributed by atoms with E-state index in [4.69, 9.17) is 0 Å². The lowest BCUT2D eigenvalue weighted by Gasteiger charge is -2.20. The van der Waals surface area contributed by atoms with E-state index in [0.29, 0.717) is 4.70 Å². The molecule has 2 aromatic carbocycles. The van der Waals surface area contributed by atoms with Crippen LogP contribution in [0.15, 0.2) is 46.1 Å². The van der Waals surface area contributed by atoms with E-state index in [0.717, 1.165) is 35.3 Å². The van der Waals surface area contributed by atoms with E-state index in [1.165, 1.54) is 28.5 Å². The zero-order valence-corrected chi connectivity index (χ0v) is 17.0. The minimum Gasteiger partial charge on any atom is -0.302 e. The van der Waals surface area contributed by atoms with Gasteiger partial charge in [0.05, 0.1) is 15.1 Å². The Hall–Kier alpha value is -1.96. The Balaban J connectivity index is 1.62. The highest BCUT2D eigenvalue weighted by atomic mass is 32.2. The van der Waals surface area contributed by atoms with Gasteiger partial charge in [0.1, 0.15) is 0 Å². The molecule has 4 rings (SSSR count). The molecular formula is C20H22N2O3S2. The topological polar surface area (TPSA) is 68.2 Å². The van der Waals surface area contributed by atoms with Crippen LogP contribution in [0.2, 0.25) is 0 Å². The summed E-state index contributed by atoms with van der Waals surface area (Å²) in [6.07, 6.45) is 4.58. The second-order valence-corrected chi connectivity index (χ2v) is 9.84. The monoisotopic (exact) mass is 402 g/mol. The molecule has 1 aliphatic rings. The van der Waals surface area contributed by atoms with Crippen molar-refractivity contribution in [2.75, 3.05) is 0 Å². The molecule has 1 atom stereocenters. The molecular weight excluding hydrogens is 380 g/mol. The number of rotatable bonds is 4. The smallest absolute Gasteiger partial charge is 0.302 e. The standard InChI is InChI=1S/C20H22N2O3S2/c1-13(15-8-7-14-5-3-4-6-16(14)11-15)21-27(24,25)17-9-10-18-19(12-17)26-20(23)22(18)2/h7-13,21H,3-6H2,1-2H3/t13-/m0/s1. The van der Waals surface area contributed by atoms with E-state index in [2.05, 4.69) is 16.9 Å². The molecule has 0 fully saturated rings. The van der Waals surface area contributed by atoms with Crippen LogP contribution in [0.3, 0.4) is 0 Å². The molecule has 5 nitrogen and oxygen atoms in total. The molecule has 0 saturated carbocycles. The maximum absolute atomic E-state index is 12.8. The second-order valence-electron chi connectivity index (χ2n) is 7.13. The zero-order valence-electron chi connectivity index (χ0n) is 15.4. The molecule has 0 unspecified atom stereocenters. The summed E-state index contributed by atoms with van der Waals surface area (Å²) in [5.74, 6) is 0. The molecule has 1 aliphatic carbocycles. The molecule has 0 bridgehead atoms. The van der Waals surface area contributed by atoms with E-state index >= 15 is 0 Å². The summed E-state index contributed by atoms with van der Waals surface area (Å²) in [6.45, 7) is 1.86. The lowest BCUT2D eigenvalue weighted by molar-refractivity contribution is 0.566. The first-order valence-electron chi connectivity index (χ1n) is 9.09. The first-order valence-corrected chi connectivity index (χ1v) is 11.4. The number of benzene rings is 2. The minimum absolute atomic E-state index is 0.102. The number of hydrogen-bond acceptors (Lipinski definition) is 4. The highest BCUT2D eigenvalue weighted by Gasteiger charge is 2.21. The van der Waals surface area contributed by atoms with Crippen molar-refractivity contribution in [3.8, 4) is 0 Å². The number of thiazole rings is 1. The molecule has 1 heterocycles. The molecule has 0 amide bonds. The van der Waals surface area contributed by atoms with Crippen LogP contribution in [0.5, 0.6) is 0 Å². The molecule has 0 saturated heterocycles. The van der Waals surface area contributed by atoms with Crippen molar-refractivity contribution in [1.29, 1.82) is 0 Å². The van der Waals surface area contributed by atoms with Gasteiger partial charge >= 0.3 is 4.87 Å². The summed E-state index contributed by atoms with van der Waals surface area (Å²) in [5, 5.41) is 0. The predicted molar refractivity (Wildman–Crippen MR) is 109 cm³/mol. The van der Waals surface area contributed by atoms with Crippen molar-refractivity contribution < 1.29 is 8.42 Å². The maximum atomic E-state index is 12.8. The van der Waals surface area contributed by atoms with Gasteiger partial charge in [-0.1, -0.05) is 29.5 Å². The third-order valence-corrected chi connectivity index (χ3v) is 7.81. The average molecular weight is 403 g/mol. The Labute approximate surface area is 162 Å². The fraction of sp³-hybridized carbons (Fsp3) is 0.350. The Morgan fingerprint density at radius 2 is 1.81 bits per heavy atom. The number of fused-ring (bicyclic) bond motifs is 2. The summed E-state index contributed by atoms with van der Waals surface area (Å²) >= 11 is 1.05. The van der Waals surface area contributed by atoms with Gasteiger partial charge in [-0.15, -0.1) is 0 Å². The lowest BCUT2D eigenvalue weighted by atomic mass is 9.89. The zero-order chi connectivity index (χ0) is 19.2. The number of sulfonamides is 1. The largest absolute Gasteiger partial charge is 0.307 e. The van der Waals surface area contributed by atoms with Gasteiger partial charge < -0.3 is 4.57 Å². The van der Waals surface area contributed by atoms with Crippen molar-refractivity contribution in [2.45, 2.75) is 43.5 Å². The number of nitrogens with zero attached hydrogens (tertiary/aromatic N) is 1. The fourth-order valence-electron chi connectivity index (χ4n) is 3.67. The Kier molecular flexibility index (Phi) is 4.70. The van der Waals surface area contributed by atoms with Gasteiger partial charge in [0.15, 0.2) is 0 Å². The quantitative estimate of drug-likeness (QED) is 0.726.